The van der Waals surface area contributed by atoms with E-state index in [2.05, 4.69) is 41.4 Å². The van der Waals surface area contributed by atoms with Crippen LogP contribution in [0.2, 0.25) is 0 Å². The zero-order valence-corrected chi connectivity index (χ0v) is 11.4. The van der Waals surface area contributed by atoms with E-state index in [0.717, 1.165) is 12.5 Å². The average molecular weight is 244 g/mol. The molecule has 1 unspecified atom stereocenters. The molecule has 98 valence electrons. The van der Waals surface area contributed by atoms with Gasteiger partial charge in [-0.05, 0) is 44.2 Å². The van der Waals surface area contributed by atoms with E-state index >= 15 is 0 Å². The van der Waals surface area contributed by atoms with Gasteiger partial charge in [-0.2, -0.15) is 0 Å². The molecule has 1 aromatic rings. The third kappa shape index (κ3) is 2.76. The van der Waals surface area contributed by atoms with Gasteiger partial charge in [0.25, 0.3) is 0 Å². The average Bonchev–Trinajstić information content (AvgIpc) is 3.20. The van der Waals surface area contributed by atoms with Gasteiger partial charge in [-0.3, -0.25) is 4.90 Å². The summed E-state index contributed by atoms with van der Waals surface area (Å²) in [6.45, 7) is 6.96. The highest BCUT2D eigenvalue weighted by atomic mass is 15.2. The van der Waals surface area contributed by atoms with Crippen molar-refractivity contribution in [2.75, 3.05) is 26.2 Å². The summed E-state index contributed by atoms with van der Waals surface area (Å²) < 4.78 is 0. The molecule has 1 atom stereocenters. The Balaban J connectivity index is 1.80. The number of hydrogen-bond donors (Lipinski definition) is 1. The van der Waals surface area contributed by atoms with Gasteiger partial charge in [0, 0.05) is 25.7 Å². The Hall–Kier alpha value is -0.860. The summed E-state index contributed by atoms with van der Waals surface area (Å²) in [5.41, 5.74) is 2.90. The van der Waals surface area contributed by atoms with Gasteiger partial charge in [0.2, 0.25) is 0 Å². The summed E-state index contributed by atoms with van der Waals surface area (Å²) in [5.74, 6) is 0.908. The predicted octanol–water partition coefficient (Wildman–Crippen LogP) is 2.74. The van der Waals surface area contributed by atoms with Crippen molar-refractivity contribution >= 4 is 0 Å². The molecule has 1 saturated carbocycles. The molecule has 0 aromatic heterocycles. The number of benzene rings is 1. The molecule has 1 aliphatic heterocycles. The Morgan fingerprint density at radius 2 is 1.89 bits per heavy atom. The van der Waals surface area contributed by atoms with Crippen LogP contribution < -0.4 is 5.32 Å². The highest BCUT2D eigenvalue weighted by Crippen LogP contribution is 2.44. The zero-order valence-electron chi connectivity index (χ0n) is 11.4. The molecular weight excluding hydrogens is 220 g/mol. The summed E-state index contributed by atoms with van der Waals surface area (Å²) in [6.07, 6.45) is 4.13. The van der Waals surface area contributed by atoms with Crippen molar-refractivity contribution in [1.29, 1.82) is 0 Å². The minimum Gasteiger partial charge on any atom is -0.315 e. The summed E-state index contributed by atoms with van der Waals surface area (Å²) >= 11 is 0. The van der Waals surface area contributed by atoms with Gasteiger partial charge in [-0.25, -0.2) is 0 Å². The van der Waals surface area contributed by atoms with Gasteiger partial charge in [0.15, 0.2) is 0 Å². The fourth-order valence-corrected chi connectivity index (χ4v) is 3.10. The van der Waals surface area contributed by atoms with E-state index in [9.17, 15) is 0 Å². The number of nitrogens with zero attached hydrogens (tertiary/aromatic N) is 1. The number of rotatable bonds is 3. The molecule has 2 nitrogen and oxygen atoms in total. The Morgan fingerprint density at radius 3 is 2.61 bits per heavy atom. The van der Waals surface area contributed by atoms with Crippen LogP contribution in [-0.4, -0.2) is 31.1 Å². The van der Waals surface area contributed by atoms with E-state index in [1.165, 1.54) is 50.0 Å². The minimum absolute atomic E-state index is 0.672. The van der Waals surface area contributed by atoms with E-state index in [1.807, 2.05) is 0 Å². The molecule has 2 fully saturated rings. The van der Waals surface area contributed by atoms with Crippen molar-refractivity contribution in [3.63, 3.8) is 0 Å². The van der Waals surface area contributed by atoms with Gasteiger partial charge in [-0.1, -0.05) is 29.8 Å². The van der Waals surface area contributed by atoms with Crippen molar-refractivity contribution in [3.8, 4) is 0 Å². The van der Waals surface area contributed by atoms with Crippen LogP contribution in [0.4, 0.5) is 0 Å². The van der Waals surface area contributed by atoms with Gasteiger partial charge in [0.1, 0.15) is 0 Å². The quantitative estimate of drug-likeness (QED) is 0.879. The highest BCUT2D eigenvalue weighted by Gasteiger charge is 2.36. The fourth-order valence-electron chi connectivity index (χ4n) is 3.10. The van der Waals surface area contributed by atoms with Crippen LogP contribution >= 0.6 is 0 Å². The highest BCUT2D eigenvalue weighted by molar-refractivity contribution is 5.25. The molecule has 0 amide bonds. The van der Waals surface area contributed by atoms with Crippen LogP contribution in [0.1, 0.15) is 36.4 Å². The fraction of sp³-hybridized carbons (Fsp3) is 0.625. The van der Waals surface area contributed by atoms with Crippen LogP contribution in [0, 0.1) is 12.8 Å². The monoisotopic (exact) mass is 244 g/mol. The second-order valence-electron chi connectivity index (χ2n) is 5.83. The van der Waals surface area contributed by atoms with Crippen molar-refractivity contribution in [3.05, 3.63) is 35.4 Å². The molecule has 2 aliphatic rings. The summed E-state index contributed by atoms with van der Waals surface area (Å²) in [7, 11) is 0. The maximum absolute atomic E-state index is 3.51. The van der Waals surface area contributed by atoms with Crippen molar-refractivity contribution in [1.82, 2.24) is 10.2 Å². The molecule has 3 rings (SSSR count). The number of hydrogen-bond acceptors (Lipinski definition) is 2. The Labute approximate surface area is 110 Å². The third-order valence-electron chi connectivity index (χ3n) is 4.26. The molecule has 1 aliphatic carbocycles. The van der Waals surface area contributed by atoms with Crippen LogP contribution in [0.15, 0.2) is 24.3 Å². The maximum atomic E-state index is 3.51. The van der Waals surface area contributed by atoms with Gasteiger partial charge in [0.05, 0.1) is 0 Å². The second kappa shape index (κ2) is 5.41. The summed E-state index contributed by atoms with van der Waals surface area (Å²) in [4.78, 5) is 2.71. The Kier molecular flexibility index (Phi) is 3.67. The van der Waals surface area contributed by atoms with Gasteiger partial charge < -0.3 is 5.32 Å². The topological polar surface area (TPSA) is 15.3 Å². The van der Waals surface area contributed by atoms with Crippen LogP contribution in [0.5, 0.6) is 0 Å². The standard InChI is InChI=1S/C16H24N2/c1-13-3-5-14(6-4-13)16(15-7-8-15)18-11-2-9-17-10-12-18/h3-6,15-17H,2,7-12H2,1H3. The molecule has 1 aromatic carbocycles. The van der Waals surface area contributed by atoms with Crippen LogP contribution in [-0.2, 0) is 0 Å². The van der Waals surface area contributed by atoms with Crippen molar-refractivity contribution < 1.29 is 0 Å². The van der Waals surface area contributed by atoms with E-state index in [0.29, 0.717) is 6.04 Å². The van der Waals surface area contributed by atoms with E-state index in [-0.39, 0.29) is 0 Å². The van der Waals surface area contributed by atoms with Crippen molar-refractivity contribution in [2.24, 2.45) is 5.92 Å². The SMILES string of the molecule is Cc1ccc(C(C2CC2)N2CCCNCC2)cc1. The minimum atomic E-state index is 0.672. The lowest BCUT2D eigenvalue weighted by atomic mass is 9.99. The maximum Gasteiger partial charge on any atom is 0.0376 e. The summed E-state index contributed by atoms with van der Waals surface area (Å²) in [6, 6.07) is 9.89. The normalized spacial score (nSPS) is 23.6. The molecule has 1 heterocycles. The molecule has 0 radical (unpaired) electrons. The molecule has 0 bridgehead atoms. The molecular formula is C16H24N2. The van der Waals surface area contributed by atoms with E-state index in [1.54, 1.807) is 0 Å². The van der Waals surface area contributed by atoms with Gasteiger partial charge >= 0.3 is 0 Å². The Bertz CT molecular complexity index is 373. The first kappa shape index (κ1) is 12.2. The first-order chi connectivity index (χ1) is 8.84. The predicted molar refractivity (Wildman–Crippen MR) is 75.7 cm³/mol. The third-order valence-corrected chi connectivity index (χ3v) is 4.26. The van der Waals surface area contributed by atoms with E-state index in [4.69, 9.17) is 0 Å². The first-order valence-corrected chi connectivity index (χ1v) is 7.36. The second-order valence-corrected chi connectivity index (χ2v) is 5.83. The molecule has 2 heteroatoms. The lowest BCUT2D eigenvalue weighted by molar-refractivity contribution is 0.189. The lowest BCUT2D eigenvalue weighted by Gasteiger charge is -2.31. The molecule has 0 spiro atoms. The number of aryl methyl sites for hydroxylation is 1. The van der Waals surface area contributed by atoms with Crippen LogP contribution in [0.3, 0.4) is 0 Å². The van der Waals surface area contributed by atoms with E-state index < -0.39 is 0 Å². The lowest BCUT2D eigenvalue weighted by Crippen LogP contribution is -2.33. The zero-order chi connectivity index (χ0) is 12.4. The van der Waals surface area contributed by atoms with Crippen molar-refractivity contribution in [2.45, 2.75) is 32.2 Å². The Morgan fingerprint density at radius 1 is 1.11 bits per heavy atom. The summed E-state index contributed by atoms with van der Waals surface area (Å²) in [5, 5.41) is 3.51. The molecule has 18 heavy (non-hydrogen) atoms. The van der Waals surface area contributed by atoms with Gasteiger partial charge in [-0.15, -0.1) is 0 Å². The first-order valence-electron chi connectivity index (χ1n) is 7.36. The van der Waals surface area contributed by atoms with Crippen LogP contribution in [0.25, 0.3) is 0 Å². The smallest absolute Gasteiger partial charge is 0.0376 e. The molecule has 1 saturated heterocycles. The largest absolute Gasteiger partial charge is 0.315 e. The number of nitrogens with one attached hydrogen (secondary N) is 1. The molecule has 1 N–H and O–H groups in total.